The second-order valence-electron chi connectivity index (χ2n) is 2.09. The van der Waals surface area contributed by atoms with Crippen LogP contribution in [0.3, 0.4) is 0 Å². The number of hydrogen-bond acceptors (Lipinski definition) is 4. The van der Waals surface area contributed by atoms with Gasteiger partial charge in [0, 0.05) is 24.3 Å². The van der Waals surface area contributed by atoms with Crippen LogP contribution >= 0.6 is 0 Å². The molecule has 0 aromatic rings. The van der Waals surface area contributed by atoms with Crippen molar-refractivity contribution in [3.63, 3.8) is 0 Å². The lowest BCUT2D eigenvalue weighted by molar-refractivity contribution is 1.32. The summed E-state index contributed by atoms with van der Waals surface area (Å²) in [6, 6.07) is 0. The van der Waals surface area contributed by atoms with Gasteiger partial charge in [-0.25, -0.2) is 0 Å². The van der Waals surface area contributed by atoms with Gasteiger partial charge in [-0.3, -0.25) is 4.99 Å². The van der Waals surface area contributed by atoms with Crippen LogP contribution in [0, 0.1) is 10.8 Å². The number of nitrogens with zero attached hydrogens (tertiary/aromatic N) is 1. The smallest absolute Gasteiger partial charge is 0.0820 e. The van der Waals surface area contributed by atoms with Crippen molar-refractivity contribution >= 4 is 18.6 Å². The Labute approximate surface area is 71.5 Å². The van der Waals surface area contributed by atoms with Gasteiger partial charge in [-0.2, -0.15) is 0 Å². The van der Waals surface area contributed by atoms with Crippen molar-refractivity contribution in [2.75, 3.05) is 0 Å². The predicted molar refractivity (Wildman–Crippen MR) is 52.1 cm³/mol. The van der Waals surface area contributed by atoms with Gasteiger partial charge < -0.3 is 16.6 Å². The minimum Gasteiger partial charge on any atom is -0.402 e. The van der Waals surface area contributed by atoms with Gasteiger partial charge in [-0.15, -0.1) is 0 Å². The van der Waals surface area contributed by atoms with E-state index in [2.05, 4.69) is 4.99 Å². The van der Waals surface area contributed by atoms with Crippen molar-refractivity contribution in [3.05, 3.63) is 23.5 Å². The average Bonchev–Trinajstić information content (AvgIpc) is 2.02. The minimum atomic E-state index is 0.419. The zero-order valence-electron chi connectivity index (χ0n) is 6.91. The third-order valence-electron chi connectivity index (χ3n) is 0.963. The quantitative estimate of drug-likeness (QED) is 0.534. The molecule has 0 rings (SSSR count). The highest BCUT2D eigenvalue weighted by Crippen LogP contribution is 1.88. The number of nitrogens with one attached hydrogen (secondary N) is 2. The molecule has 0 unspecified atom stereocenters. The van der Waals surface area contributed by atoms with Crippen molar-refractivity contribution in [2.45, 2.75) is 6.92 Å². The summed E-state index contributed by atoms with van der Waals surface area (Å²) < 4.78 is 0. The molecule has 0 spiro atoms. The van der Waals surface area contributed by atoms with Gasteiger partial charge in [-0.1, -0.05) is 0 Å². The Morgan fingerprint density at radius 2 is 2.00 bits per heavy atom. The second kappa shape index (κ2) is 6.03. The monoisotopic (exact) mass is 164 g/mol. The molecule has 0 aliphatic heterocycles. The van der Waals surface area contributed by atoms with E-state index >= 15 is 0 Å². The fourth-order valence-corrected chi connectivity index (χ4v) is 0.455. The molecule has 0 amide bonds. The van der Waals surface area contributed by atoms with Crippen molar-refractivity contribution < 1.29 is 0 Å². The molecule has 0 saturated heterocycles. The van der Waals surface area contributed by atoms with E-state index in [1.165, 1.54) is 12.3 Å². The molecule has 0 heterocycles. The van der Waals surface area contributed by atoms with Crippen LogP contribution in [0.4, 0.5) is 0 Å². The largest absolute Gasteiger partial charge is 0.402 e. The van der Waals surface area contributed by atoms with Crippen LogP contribution in [0.5, 0.6) is 0 Å². The van der Waals surface area contributed by atoms with Crippen LogP contribution < -0.4 is 5.73 Å². The number of aliphatic imine (C=N–C) groups is 1. The molecule has 0 aliphatic carbocycles. The Bertz CT molecular complexity index is 244. The highest BCUT2D eigenvalue weighted by atomic mass is 14.7. The SMILES string of the molecule is CC(N)=CC=N/C(C=N)=C/C=N. The molecule has 0 radical (unpaired) electrons. The summed E-state index contributed by atoms with van der Waals surface area (Å²) in [5, 5.41) is 13.6. The molecular formula is C8H12N4. The van der Waals surface area contributed by atoms with Gasteiger partial charge in [-0.05, 0) is 19.1 Å². The lowest BCUT2D eigenvalue weighted by Gasteiger charge is -1.87. The third-order valence-corrected chi connectivity index (χ3v) is 0.963. The van der Waals surface area contributed by atoms with E-state index in [0.29, 0.717) is 11.4 Å². The molecular weight excluding hydrogens is 152 g/mol. The van der Waals surface area contributed by atoms with Crippen LogP contribution in [0.15, 0.2) is 28.5 Å². The maximum absolute atomic E-state index is 6.89. The maximum Gasteiger partial charge on any atom is 0.0820 e. The summed E-state index contributed by atoms with van der Waals surface area (Å²) in [5.41, 5.74) is 6.41. The molecule has 0 fully saturated rings. The summed E-state index contributed by atoms with van der Waals surface area (Å²) in [4.78, 5) is 3.86. The molecule has 0 aliphatic rings. The first-order valence-corrected chi connectivity index (χ1v) is 3.38. The van der Waals surface area contributed by atoms with Gasteiger partial charge in [0.2, 0.25) is 0 Å². The van der Waals surface area contributed by atoms with Crippen LogP contribution in [0.2, 0.25) is 0 Å². The topological polar surface area (TPSA) is 86.1 Å². The Hall–Kier alpha value is -1.71. The fraction of sp³-hybridized carbons (Fsp3) is 0.125. The first kappa shape index (κ1) is 10.3. The van der Waals surface area contributed by atoms with E-state index in [-0.39, 0.29) is 0 Å². The maximum atomic E-state index is 6.89. The minimum absolute atomic E-state index is 0.419. The highest BCUT2D eigenvalue weighted by Gasteiger charge is 1.81. The van der Waals surface area contributed by atoms with Crippen LogP contribution in [0.25, 0.3) is 0 Å². The predicted octanol–water partition coefficient (Wildman–Crippen LogP) is 1.10. The van der Waals surface area contributed by atoms with Crippen LogP contribution in [-0.2, 0) is 0 Å². The summed E-state index contributed by atoms with van der Waals surface area (Å²) in [5.74, 6) is 0. The summed E-state index contributed by atoms with van der Waals surface area (Å²) in [6.07, 6.45) is 6.69. The number of allylic oxidation sites excluding steroid dienone is 4. The van der Waals surface area contributed by atoms with Crippen molar-refractivity contribution in [1.29, 1.82) is 10.8 Å². The molecule has 0 saturated carbocycles. The number of hydrogen-bond donors (Lipinski definition) is 3. The molecule has 0 atom stereocenters. The highest BCUT2D eigenvalue weighted by molar-refractivity contribution is 5.87. The van der Waals surface area contributed by atoms with E-state index in [9.17, 15) is 0 Å². The molecule has 4 nitrogen and oxygen atoms in total. The normalized spacial score (nSPS) is 13.4. The van der Waals surface area contributed by atoms with Gasteiger partial charge in [0.15, 0.2) is 0 Å². The Balaban J connectivity index is 4.30. The van der Waals surface area contributed by atoms with Crippen molar-refractivity contribution in [3.8, 4) is 0 Å². The van der Waals surface area contributed by atoms with E-state index < -0.39 is 0 Å². The number of nitrogens with two attached hydrogens (primary N) is 1. The van der Waals surface area contributed by atoms with Crippen molar-refractivity contribution in [1.82, 2.24) is 0 Å². The Morgan fingerprint density at radius 1 is 1.33 bits per heavy atom. The Kier molecular flexibility index (Phi) is 5.17. The van der Waals surface area contributed by atoms with Crippen LogP contribution in [-0.4, -0.2) is 18.6 Å². The molecule has 12 heavy (non-hydrogen) atoms. The molecule has 0 aromatic carbocycles. The zero-order valence-corrected chi connectivity index (χ0v) is 6.91. The third kappa shape index (κ3) is 5.10. The van der Waals surface area contributed by atoms with Crippen molar-refractivity contribution in [2.24, 2.45) is 10.7 Å². The molecule has 64 valence electrons. The van der Waals surface area contributed by atoms with Gasteiger partial charge >= 0.3 is 0 Å². The lowest BCUT2D eigenvalue weighted by Crippen LogP contribution is -1.90. The van der Waals surface area contributed by atoms with Gasteiger partial charge in [0.25, 0.3) is 0 Å². The lowest BCUT2D eigenvalue weighted by atomic mass is 10.4. The average molecular weight is 164 g/mol. The summed E-state index contributed by atoms with van der Waals surface area (Å²) >= 11 is 0. The van der Waals surface area contributed by atoms with E-state index in [0.717, 1.165) is 12.4 Å². The van der Waals surface area contributed by atoms with Gasteiger partial charge in [0.05, 0.1) is 5.70 Å². The fourth-order valence-electron chi connectivity index (χ4n) is 0.455. The number of rotatable bonds is 4. The zero-order chi connectivity index (χ0) is 9.40. The molecule has 0 aromatic heterocycles. The molecule has 0 bridgehead atoms. The standard InChI is InChI=1S/C8H12N4/c1-7(11)3-5-12-8(6-10)2-4-9/h2-6,9-10H,11H2,1H3/b7-3?,8-2+,9-4?,10-6?,12-5?. The van der Waals surface area contributed by atoms with E-state index in [4.69, 9.17) is 16.6 Å². The second-order valence-corrected chi connectivity index (χ2v) is 2.09. The van der Waals surface area contributed by atoms with E-state index in [1.54, 1.807) is 13.0 Å². The first-order chi connectivity index (χ1) is 5.70. The summed E-state index contributed by atoms with van der Waals surface area (Å²) in [7, 11) is 0. The van der Waals surface area contributed by atoms with E-state index in [1.807, 2.05) is 0 Å². The first-order valence-electron chi connectivity index (χ1n) is 3.38. The molecule has 4 N–H and O–H groups in total. The van der Waals surface area contributed by atoms with Gasteiger partial charge in [0.1, 0.15) is 0 Å². The Morgan fingerprint density at radius 3 is 2.42 bits per heavy atom. The summed E-state index contributed by atoms with van der Waals surface area (Å²) in [6.45, 7) is 1.75. The van der Waals surface area contributed by atoms with Crippen LogP contribution in [0.1, 0.15) is 6.92 Å². The molecule has 4 heteroatoms.